The maximum atomic E-state index is 3.69. The van der Waals surface area contributed by atoms with Gasteiger partial charge in [0.1, 0.15) is 0 Å². The van der Waals surface area contributed by atoms with Crippen LogP contribution in [0.15, 0.2) is 17.5 Å². The third-order valence-corrected chi connectivity index (χ3v) is 4.86. The molecule has 2 unspecified atom stereocenters. The molecule has 102 valence electrons. The number of hydrogen-bond acceptors (Lipinski definition) is 3. The first-order valence-corrected chi connectivity index (χ1v) is 8.04. The van der Waals surface area contributed by atoms with Crippen molar-refractivity contribution in [3.63, 3.8) is 0 Å². The van der Waals surface area contributed by atoms with E-state index < -0.39 is 0 Å². The van der Waals surface area contributed by atoms with Gasteiger partial charge in [0.2, 0.25) is 0 Å². The van der Waals surface area contributed by atoms with E-state index in [1.165, 1.54) is 37.4 Å². The van der Waals surface area contributed by atoms with Crippen molar-refractivity contribution in [2.75, 3.05) is 19.6 Å². The summed E-state index contributed by atoms with van der Waals surface area (Å²) >= 11 is 1.89. The van der Waals surface area contributed by atoms with Gasteiger partial charge in [-0.15, -0.1) is 11.3 Å². The second-order valence-corrected chi connectivity index (χ2v) is 6.82. The Kier molecular flexibility index (Phi) is 5.22. The minimum atomic E-state index is 0.651. The first kappa shape index (κ1) is 14.0. The molecule has 1 saturated heterocycles. The summed E-state index contributed by atoms with van der Waals surface area (Å²) in [6.07, 6.45) is 2.47. The van der Waals surface area contributed by atoms with Gasteiger partial charge in [-0.1, -0.05) is 19.9 Å². The van der Waals surface area contributed by atoms with Crippen LogP contribution in [0.1, 0.15) is 32.1 Å². The van der Waals surface area contributed by atoms with Crippen molar-refractivity contribution in [3.05, 3.63) is 22.4 Å². The van der Waals surface area contributed by atoms with E-state index in [1.807, 2.05) is 11.3 Å². The summed E-state index contributed by atoms with van der Waals surface area (Å²) in [5, 5.41) is 5.87. The number of thiophene rings is 1. The maximum Gasteiger partial charge on any atom is 0.0218 e. The Bertz CT molecular complexity index is 334. The van der Waals surface area contributed by atoms with Crippen molar-refractivity contribution in [2.45, 2.75) is 45.7 Å². The zero-order valence-corrected chi connectivity index (χ0v) is 12.7. The highest BCUT2D eigenvalue weighted by Gasteiger charge is 2.23. The lowest BCUT2D eigenvalue weighted by Gasteiger charge is -2.31. The van der Waals surface area contributed by atoms with E-state index in [9.17, 15) is 0 Å². The van der Waals surface area contributed by atoms with Gasteiger partial charge in [-0.2, -0.15) is 0 Å². The van der Waals surface area contributed by atoms with Crippen LogP contribution in [0.5, 0.6) is 0 Å². The molecule has 3 heteroatoms. The smallest absolute Gasteiger partial charge is 0.0218 e. The average molecular weight is 266 g/mol. The Hall–Kier alpha value is -0.380. The number of rotatable bonds is 4. The average Bonchev–Trinajstić information content (AvgIpc) is 2.70. The molecule has 0 aliphatic carbocycles. The highest BCUT2D eigenvalue weighted by atomic mass is 32.1. The van der Waals surface area contributed by atoms with Crippen molar-refractivity contribution < 1.29 is 0 Å². The second kappa shape index (κ2) is 6.69. The fourth-order valence-electron chi connectivity index (χ4n) is 2.67. The molecule has 0 aromatic carbocycles. The van der Waals surface area contributed by atoms with E-state index in [4.69, 9.17) is 0 Å². The van der Waals surface area contributed by atoms with Crippen molar-refractivity contribution in [1.82, 2.24) is 10.2 Å². The van der Waals surface area contributed by atoms with Gasteiger partial charge in [0.05, 0.1) is 0 Å². The van der Waals surface area contributed by atoms with Gasteiger partial charge >= 0.3 is 0 Å². The third kappa shape index (κ3) is 3.81. The van der Waals surface area contributed by atoms with E-state index in [0.717, 1.165) is 5.92 Å². The minimum absolute atomic E-state index is 0.651. The van der Waals surface area contributed by atoms with Crippen molar-refractivity contribution >= 4 is 11.3 Å². The molecule has 1 aliphatic rings. The summed E-state index contributed by atoms with van der Waals surface area (Å²) in [5.41, 5.74) is 0. The molecule has 2 heterocycles. The highest BCUT2D eigenvalue weighted by Crippen LogP contribution is 2.17. The van der Waals surface area contributed by atoms with Crippen LogP contribution in [0.25, 0.3) is 0 Å². The van der Waals surface area contributed by atoms with Gasteiger partial charge in [-0.05, 0) is 50.2 Å². The van der Waals surface area contributed by atoms with Crippen LogP contribution in [0.2, 0.25) is 0 Å². The zero-order valence-electron chi connectivity index (χ0n) is 11.9. The van der Waals surface area contributed by atoms with Crippen LogP contribution in [-0.4, -0.2) is 36.6 Å². The zero-order chi connectivity index (χ0) is 13.0. The van der Waals surface area contributed by atoms with E-state index in [0.29, 0.717) is 12.1 Å². The summed E-state index contributed by atoms with van der Waals surface area (Å²) < 4.78 is 0. The molecule has 0 spiro atoms. The maximum absolute atomic E-state index is 3.69. The lowest BCUT2D eigenvalue weighted by Crippen LogP contribution is -2.44. The molecule has 0 radical (unpaired) electrons. The first-order valence-electron chi connectivity index (χ1n) is 7.16. The Morgan fingerprint density at radius 2 is 2.28 bits per heavy atom. The number of nitrogens with one attached hydrogen (secondary N) is 1. The van der Waals surface area contributed by atoms with Gasteiger partial charge < -0.3 is 5.32 Å². The molecule has 2 rings (SSSR count). The largest absolute Gasteiger partial charge is 0.312 e. The topological polar surface area (TPSA) is 15.3 Å². The summed E-state index contributed by atoms with van der Waals surface area (Å²) in [5.74, 6) is 0.722. The third-order valence-electron chi connectivity index (χ3n) is 3.96. The summed E-state index contributed by atoms with van der Waals surface area (Å²) in [7, 11) is 0. The van der Waals surface area contributed by atoms with Crippen LogP contribution < -0.4 is 5.32 Å². The van der Waals surface area contributed by atoms with E-state index in [1.54, 1.807) is 0 Å². The van der Waals surface area contributed by atoms with Crippen LogP contribution in [0, 0.1) is 5.92 Å². The summed E-state index contributed by atoms with van der Waals surface area (Å²) in [4.78, 5) is 4.19. The predicted octanol–water partition coefficient (Wildman–Crippen LogP) is 3.00. The molecule has 18 heavy (non-hydrogen) atoms. The lowest BCUT2D eigenvalue weighted by molar-refractivity contribution is 0.191. The molecule has 2 nitrogen and oxygen atoms in total. The molecule has 0 bridgehead atoms. The second-order valence-electron chi connectivity index (χ2n) is 5.79. The fourth-order valence-corrected chi connectivity index (χ4v) is 3.50. The van der Waals surface area contributed by atoms with E-state index in [2.05, 4.69) is 48.5 Å². The lowest BCUT2D eigenvalue weighted by atomic mass is 10.0. The quantitative estimate of drug-likeness (QED) is 0.901. The Balaban J connectivity index is 1.93. The molecule has 1 fully saturated rings. The van der Waals surface area contributed by atoms with E-state index >= 15 is 0 Å². The number of hydrogen-bond donors (Lipinski definition) is 1. The highest BCUT2D eigenvalue weighted by molar-refractivity contribution is 7.09. The van der Waals surface area contributed by atoms with Crippen molar-refractivity contribution in [3.8, 4) is 0 Å². The predicted molar refractivity (Wildman–Crippen MR) is 80.3 cm³/mol. The Morgan fingerprint density at radius 3 is 2.94 bits per heavy atom. The van der Waals surface area contributed by atoms with Crippen LogP contribution in [-0.2, 0) is 6.42 Å². The Labute approximate surface area is 115 Å². The standard InChI is InChI=1S/C15H26N2S/c1-12(2)15-11-17(8-5-7-16-15)13(3)10-14-6-4-9-18-14/h4,6,9,12-13,15-16H,5,7-8,10-11H2,1-3H3. The minimum Gasteiger partial charge on any atom is -0.312 e. The van der Waals surface area contributed by atoms with Crippen molar-refractivity contribution in [1.29, 1.82) is 0 Å². The molecule has 1 aromatic rings. The summed E-state index contributed by atoms with van der Waals surface area (Å²) in [6.45, 7) is 10.6. The molecular weight excluding hydrogens is 240 g/mol. The molecule has 1 N–H and O–H groups in total. The van der Waals surface area contributed by atoms with Crippen LogP contribution >= 0.6 is 11.3 Å². The summed E-state index contributed by atoms with van der Waals surface area (Å²) in [6, 6.07) is 5.73. The van der Waals surface area contributed by atoms with Crippen LogP contribution in [0.4, 0.5) is 0 Å². The monoisotopic (exact) mass is 266 g/mol. The van der Waals surface area contributed by atoms with Gasteiger partial charge in [-0.3, -0.25) is 4.90 Å². The van der Waals surface area contributed by atoms with Crippen molar-refractivity contribution in [2.24, 2.45) is 5.92 Å². The number of nitrogens with zero attached hydrogens (tertiary/aromatic N) is 1. The van der Waals surface area contributed by atoms with Gasteiger partial charge in [-0.25, -0.2) is 0 Å². The Morgan fingerprint density at radius 1 is 1.44 bits per heavy atom. The van der Waals surface area contributed by atoms with E-state index in [-0.39, 0.29) is 0 Å². The van der Waals surface area contributed by atoms with Gasteiger partial charge in [0, 0.05) is 23.5 Å². The molecule has 0 amide bonds. The van der Waals surface area contributed by atoms with Gasteiger partial charge in [0.15, 0.2) is 0 Å². The molecule has 1 aliphatic heterocycles. The normalized spacial score (nSPS) is 24.1. The molecule has 1 aromatic heterocycles. The molecule has 2 atom stereocenters. The van der Waals surface area contributed by atoms with Crippen LogP contribution in [0.3, 0.4) is 0 Å². The fraction of sp³-hybridized carbons (Fsp3) is 0.733. The molecule has 0 saturated carbocycles. The first-order chi connectivity index (χ1) is 8.66. The molecular formula is C15H26N2S. The SMILES string of the molecule is CC(C)C1CN(C(C)Cc2cccs2)CCCN1. The van der Waals surface area contributed by atoms with Gasteiger partial charge in [0.25, 0.3) is 0 Å².